The van der Waals surface area contributed by atoms with Crippen LogP contribution in [0.3, 0.4) is 0 Å². The molecule has 0 aromatic carbocycles. The lowest BCUT2D eigenvalue weighted by atomic mass is 10.00. The monoisotopic (exact) mass is 242 g/mol. The maximum Gasteiger partial charge on any atom is 0.305 e. The van der Waals surface area contributed by atoms with Crippen LogP contribution in [0.4, 0.5) is 0 Å². The molecule has 2 fully saturated rings. The highest BCUT2D eigenvalue weighted by molar-refractivity contribution is 5.86. The SMILES string of the molecule is NC(CC(=O)O)C(=O)N1CC2CCC(O)C2C1. The molecular formula is C11H18N2O4. The fraction of sp³-hybridized carbons (Fsp3) is 0.818. The number of carbonyl (C=O) groups excluding carboxylic acids is 1. The van der Waals surface area contributed by atoms with Crippen LogP contribution in [0, 0.1) is 11.8 Å². The zero-order valence-corrected chi connectivity index (χ0v) is 9.58. The minimum Gasteiger partial charge on any atom is -0.481 e. The molecule has 4 atom stereocenters. The van der Waals surface area contributed by atoms with E-state index in [9.17, 15) is 14.7 Å². The van der Waals surface area contributed by atoms with Crippen molar-refractivity contribution in [1.82, 2.24) is 4.90 Å². The number of rotatable bonds is 3. The standard InChI is InChI=1S/C11H18N2O4/c12-8(3-10(15)16)11(17)13-4-6-1-2-9(14)7(6)5-13/h6-9,14H,1-5,12H2,(H,15,16). The molecule has 2 aliphatic rings. The number of nitrogens with two attached hydrogens (primary N) is 1. The third-order valence-corrected chi connectivity index (χ3v) is 3.84. The first kappa shape index (κ1) is 12.3. The molecule has 1 aliphatic carbocycles. The lowest BCUT2D eigenvalue weighted by molar-refractivity contribution is -0.141. The Hall–Kier alpha value is -1.14. The van der Waals surface area contributed by atoms with E-state index in [1.54, 1.807) is 4.90 Å². The Labute approximate surface area is 99.4 Å². The lowest BCUT2D eigenvalue weighted by Gasteiger charge is -2.21. The van der Waals surface area contributed by atoms with Crippen molar-refractivity contribution < 1.29 is 19.8 Å². The molecule has 17 heavy (non-hydrogen) atoms. The van der Waals surface area contributed by atoms with E-state index in [0.717, 1.165) is 12.8 Å². The molecule has 1 saturated carbocycles. The molecule has 96 valence electrons. The number of carbonyl (C=O) groups is 2. The third-order valence-electron chi connectivity index (χ3n) is 3.84. The molecule has 1 aliphatic heterocycles. The van der Waals surface area contributed by atoms with Crippen LogP contribution in [0.5, 0.6) is 0 Å². The van der Waals surface area contributed by atoms with E-state index in [-0.39, 0.29) is 24.3 Å². The summed E-state index contributed by atoms with van der Waals surface area (Å²) in [6.07, 6.45) is 1.07. The molecule has 1 heterocycles. The van der Waals surface area contributed by atoms with Gasteiger partial charge in [0.2, 0.25) is 5.91 Å². The molecule has 1 saturated heterocycles. The van der Waals surface area contributed by atoms with E-state index in [1.165, 1.54) is 0 Å². The van der Waals surface area contributed by atoms with Crippen molar-refractivity contribution in [2.24, 2.45) is 17.6 Å². The Morgan fingerprint density at radius 1 is 1.35 bits per heavy atom. The van der Waals surface area contributed by atoms with Gasteiger partial charge in [-0.25, -0.2) is 0 Å². The maximum atomic E-state index is 11.9. The first-order chi connectivity index (χ1) is 7.99. The summed E-state index contributed by atoms with van der Waals surface area (Å²) in [5.74, 6) is -0.874. The van der Waals surface area contributed by atoms with E-state index in [1.807, 2.05) is 0 Å². The number of carboxylic acids is 1. The summed E-state index contributed by atoms with van der Waals surface area (Å²) in [4.78, 5) is 24.0. The van der Waals surface area contributed by atoms with E-state index in [2.05, 4.69) is 0 Å². The van der Waals surface area contributed by atoms with Gasteiger partial charge in [-0.15, -0.1) is 0 Å². The van der Waals surface area contributed by atoms with Crippen molar-refractivity contribution in [3.05, 3.63) is 0 Å². The van der Waals surface area contributed by atoms with E-state index in [0.29, 0.717) is 19.0 Å². The van der Waals surface area contributed by atoms with Crippen molar-refractivity contribution in [3.8, 4) is 0 Å². The van der Waals surface area contributed by atoms with Gasteiger partial charge in [0.1, 0.15) is 0 Å². The average Bonchev–Trinajstić information content (AvgIpc) is 2.79. The first-order valence-corrected chi connectivity index (χ1v) is 5.93. The molecule has 6 nitrogen and oxygen atoms in total. The normalized spacial score (nSPS) is 33.5. The highest BCUT2D eigenvalue weighted by Gasteiger charge is 2.44. The number of aliphatic carboxylic acids is 1. The van der Waals surface area contributed by atoms with Crippen molar-refractivity contribution in [1.29, 1.82) is 0 Å². The summed E-state index contributed by atoms with van der Waals surface area (Å²) >= 11 is 0. The second kappa shape index (κ2) is 4.62. The Morgan fingerprint density at radius 3 is 2.65 bits per heavy atom. The van der Waals surface area contributed by atoms with Crippen molar-refractivity contribution >= 4 is 11.9 Å². The third kappa shape index (κ3) is 2.42. The van der Waals surface area contributed by atoms with E-state index >= 15 is 0 Å². The highest BCUT2D eigenvalue weighted by atomic mass is 16.4. The molecule has 0 radical (unpaired) electrons. The van der Waals surface area contributed by atoms with Gasteiger partial charge in [0.05, 0.1) is 18.6 Å². The second-order valence-corrected chi connectivity index (χ2v) is 5.02. The van der Waals surface area contributed by atoms with E-state index in [4.69, 9.17) is 10.8 Å². The average molecular weight is 242 g/mol. The smallest absolute Gasteiger partial charge is 0.305 e. The largest absolute Gasteiger partial charge is 0.481 e. The Kier molecular flexibility index (Phi) is 3.35. The summed E-state index contributed by atoms with van der Waals surface area (Å²) in [5.41, 5.74) is 5.55. The van der Waals surface area contributed by atoms with Gasteiger partial charge < -0.3 is 20.8 Å². The minimum absolute atomic E-state index is 0.149. The van der Waals surface area contributed by atoms with Gasteiger partial charge in [0, 0.05) is 19.0 Å². The van der Waals surface area contributed by atoms with Crippen LogP contribution in [0.2, 0.25) is 0 Å². The van der Waals surface area contributed by atoms with Crippen LogP contribution in [0.1, 0.15) is 19.3 Å². The maximum absolute atomic E-state index is 11.9. The van der Waals surface area contributed by atoms with Gasteiger partial charge in [-0.3, -0.25) is 9.59 Å². The van der Waals surface area contributed by atoms with Crippen LogP contribution in [-0.4, -0.2) is 52.2 Å². The number of aliphatic hydroxyl groups is 1. The molecule has 0 aromatic heterocycles. The summed E-state index contributed by atoms with van der Waals surface area (Å²) in [7, 11) is 0. The van der Waals surface area contributed by atoms with Gasteiger partial charge in [0.25, 0.3) is 0 Å². The van der Waals surface area contributed by atoms with Crippen molar-refractivity contribution in [2.45, 2.75) is 31.4 Å². The van der Waals surface area contributed by atoms with E-state index < -0.39 is 12.0 Å². The summed E-state index contributed by atoms with van der Waals surface area (Å²) < 4.78 is 0. The minimum atomic E-state index is -1.06. The number of aliphatic hydroxyl groups excluding tert-OH is 1. The summed E-state index contributed by atoms with van der Waals surface area (Å²) in [6, 6.07) is -0.969. The fourth-order valence-electron chi connectivity index (χ4n) is 2.93. The molecule has 4 N–H and O–H groups in total. The fourth-order valence-corrected chi connectivity index (χ4v) is 2.93. The predicted molar refractivity (Wildman–Crippen MR) is 59.0 cm³/mol. The number of likely N-dealkylation sites (tertiary alicyclic amines) is 1. The van der Waals surface area contributed by atoms with Gasteiger partial charge >= 0.3 is 5.97 Å². The van der Waals surface area contributed by atoms with Crippen LogP contribution < -0.4 is 5.73 Å². The molecule has 0 bridgehead atoms. The van der Waals surface area contributed by atoms with Crippen molar-refractivity contribution in [3.63, 3.8) is 0 Å². The zero-order chi connectivity index (χ0) is 12.6. The predicted octanol–water partition coefficient (Wildman–Crippen LogP) is -0.982. The number of hydrogen-bond acceptors (Lipinski definition) is 4. The molecule has 4 unspecified atom stereocenters. The number of amides is 1. The topological polar surface area (TPSA) is 104 Å². The number of nitrogens with zero attached hydrogens (tertiary/aromatic N) is 1. The molecule has 1 amide bonds. The van der Waals surface area contributed by atoms with Crippen LogP contribution in [0.25, 0.3) is 0 Å². The van der Waals surface area contributed by atoms with Crippen LogP contribution in [-0.2, 0) is 9.59 Å². The van der Waals surface area contributed by atoms with Crippen molar-refractivity contribution in [2.75, 3.05) is 13.1 Å². The lowest BCUT2D eigenvalue weighted by Crippen LogP contribution is -2.44. The highest BCUT2D eigenvalue weighted by Crippen LogP contribution is 2.38. The molecule has 2 rings (SSSR count). The number of carboxylic acid groups (broad SMARTS) is 1. The Balaban J connectivity index is 1.92. The molecule has 0 spiro atoms. The molecule has 6 heteroatoms. The Bertz CT molecular complexity index is 333. The zero-order valence-electron chi connectivity index (χ0n) is 9.58. The van der Waals surface area contributed by atoms with Gasteiger partial charge in [0.15, 0.2) is 0 Å². The first-order valence-electron chi connectivity index (χ1n) is 5.93. The summed E-state index contributed by atoms with van der Waals surface area (Å²) in [6.45, 7) is 1.12. The quantitative estimate of drug-likeness (QED) is 0.590. The van der Waals surface area contributed by atoms with Crippen LogP contribution in [0.15, 0.2) is 0 Å². The molecular weight excluding hydrogens is 224 g/mol. The van der Waals surface area contributed by atoms with Gasteiger partial charge in [-0.1, -0.05) is 0 Å². The Morgan fingerprint density at radius 2 is 2.06 bits per heavy atom. The number of hydrogen-bond donors (Lipinski definition) is 3. The summed E-state index contributed by atoms with van der Waals surface area (Å²) in [5, 5.41) is 18.3. The van der Waals surface area contributed by atoms with Gasteiger partial charge in [-0.05, 0) is 18.8 Å². The second-order valence-electron chi connectivity index (χ2n) is 5.02. The van der Waals surface area contributed by atoms with Gasteiger partial charge in [-0.2, -0.15) is 0 Å². The van der Waals surface area contributed by atoms with Crippen LogP contribution >= 0.6 is 0 Å². The number of fused-ring (bicyclic) bond motifs is 1. The molecule has 0 aromatic rings.